The highest BCUT2D eigenvalue weighted by Crippen LogP contribution is 2.31. The van der Waals surface area contributed by atoms with Crippen molar-refractivity contribution in [3.8, 4) is 11.5 Å². The molecule has 1 aromatic heterocycles. The molecule has 3 heterocycles. The van der Waals surface area contributed by atoms with Gasteiger partial charge in [0.1, 0.15) is 18.1 Å². The van der Waals surface area contributed by atoms with Gasteiger partial charge in [-0.05, 0) is 48.2 Å². The topological polar surface area (TPSA) is 126 Å². The lowest BCUT2D eigenvalue weighted by molar-refractivity contribution is -0.114. The Kier molecular flexibility index (Phi) is 6.61. The van der Waals surface area contributed by atoms with Gasteiger partial charge >= 0.3 is 0 Å². The van der Waals surface area contributed by atoms with E-state index >= 15 is 0 Å². The van der Waals surface area contributed by atoms with Crippen LogP contribution in [0.1, 0.15) is 12.5 Å². The summed E-state index contributed by atoms with van der Waals surface area (Å²) in [4.78, 5) is 16.8. The molecule has 0 unspecified atom stereocenters. The molecular formula is C25H23N5O5S2. The number of benzene rings is 2. The van der Waals surface area contributed by atoms with Crippen LogP contribution in [-0.2, 0) is 21.2 Å². The van der Waals surface area contributed by atoms with E-state index in [0.717, 1.165) is 44.7 Å². The second-order valence-electron chi connectivity index (χ2n) is 8.11. The maximum atomic E-state index is 12.8. The number of hydrogen-bond donors (Lipinski definition) is 1. The van der Waals surface area contributed by atoms with Gasteiger partial charge in [-0.15, -0.1) is 5.10 Å². The van der Waals surface area contributed by atoms with Crippen molar-refractivity contribution in [1.82, 2.24) is 9.58 Å². The van der Waals surface area contributed by atoms with Gasteiger partial charge in [-0.25, -0.2) is 8.42 Å². The van der Waals surface area contributed by atoms with Crippen molar-refractivity contribution in [3.05, 3.63) is 65.9 Å². The van der Waals surface area contributed by atoms with Crippen LogP contribution in [0.25, 0.3) is 17.0 Å². The number of thioether (sulfide) groups is 1. The van der Waals surface area contributed by atoms with E-state index in [-0.39, 0.29) is 26.7 Å². The Bertz CT molecular complexity index is 1600. The van der Waals surface area contributed by atoms with E-state index in [9.17, 15) is 13.2 Å². The predicted octanol–water partition coefficient (Wildman–Crippen LogP) is 3.74. The average Bonchev–Trinajstić information content (AvgIpc) is 3.49. The molecule has 0 saturated heterocycles. The molecule has 2 aliphatic heterocycles. The Morgan fingerprint density at radius 1 is 1.11 bits per heavy atom. The second-order valence-corrected chi connectivity index (χ2v) is 11.5. The number of aromatic nitrogens is 1. The molecule has 0 saturated carbocycles. The van der Waals surface area contributed by atoms with Crippen molar-refractivity contribution in [1.29, 1.82) is 5.41 Å². The largest absolute Gasteiger partial charge is 0.497 e. The van der Waals surface area contributed by atoms with Crippen LogP contribution in [0.15, 0.2) is 70.4 Å². The first-order valence-corrected chi connectivity index (χ1v) is 13.9. The number of ether oxygens (including phenoxy) is 2. The molecule has 190 valence electrons. The van der Waals surface area contributed by atoms with E-state index < -0.39 is 15.7 Å². The summed E-state index contributed by atoms with van der Waals surface area (Å²) in [7, 11) is -1.98. The Labute approximate surface area is 217 Å². The Balaban J connectivity index is 1.41. The first-order chi connectivity index (χ1) is 17.8. The van der Waals surface area contributed by atoms with Crippen LogP contribution in [0.4, 0.5) is 0 Å². The molecule has 12 heteroatoms. The molecule has 0 bridgehead atoms. The molecule has 3 aromatic rings. The van der Waals surface area contributed by atoms with Gasteiger partial charge in [-0.1, -0.05) is 25.1 Å². The third kappa shape index (κ3) is 4.77. The highest BCUT2D eigenvalue weighted by Gasteiger charge is 2.39. The highest BCUT2D eigenvalue weighted by atomic mass is 32.3. The summed E-state index contributed by atoms with van der Waals surface area (Å²) in [5, 5.41) is 14.7. The van der Waals surface area contributed by atoms with Gasteiger partial charge in [-0.3, -0.25) is 10.2 Å². The number of carbonyl (C=O) groups is 1. The quantitative estimate of drug-likeness (QED) is 0.455. The van der Waals surface area contributed by atoms with E-state index in [1.54, 1.807) is 13.2 Å². The van der Waals surface area contributed by atoms with Crippen LogP contribution in [0.5, 0.6) is 11.5 Å². The normalized spacial score (nSPS) is 16.7. The number of methoxy groups -OCH3 is 1. The van der Waals surface area contributed by atoms with Crippen molar-refractivity contribution in [3.63, 3.8) is 0 Å². The SMILES string of the molecule is CCS(=O)(=O)C1=NN2C(=N)/C(=C/c3cn(CCOc4ccc(OC)cc4)c4ccccc34)C(=O)N=C2S1. The fourth-order valence-corrected chi connectivity index (χ4v) is 6.05. The number of hydrogen-bond acceptors (Lipinski definition) is 8. The van der Waals surface area contributed by atoms with Crippen LogP contribution >= 0.6 is 11.8 Å². The molecule has 2 aliphatic rings. The van der Waals surface area contributed by atoms with Crippen LogP contribution in [0.2, 0.25) is 0 Å². The number of nitrogens with one attached hydrogen (secondary N) is 1. The zero-order valence-electron chi connectivity index (χ0n) is 20.0. The number of para-hydroxylation sites is 1. The molecule has 0 aliphatic carbocycles. The second kappa shape index (κ2) is 9.87. The first-order valence-electron chi connectivity index (χ1n) is 11.4. The van der Waals surface area contributed by atoms with Gasteiger partial charge in [0.2, 0.25) is 19.4 Å². The summed E-state index contributed by atoms with van der Waals surface area (Å²) in [6.07, 6.45) is 3.49. The minimum absolute atomic E-state index is 0.0284. The highest BCUT2D eigenvalue weighted by molar-refractivity contribution is 8.42. The molecule has 0 spiro atoms. The van der Waals surface area contributed by atoms with Gasteiger partial charge in [0, 0.05) is 22.7 Å². The van der Waals surface area contributed by atoms with Gasteiger partial charge in [-0.2, -0.15) is 10.0 Å². The molecule has 1 amide bonds. The number of nitrogens with zero attached hydrogens (tertiary/aromatic N) is 4. The lowest BCUT2D eigenvalue weighted by Gasteiger charge is -2.19. The third-order valence-corrected chi connectivity index (χ3v) is 8.95. The van der Waals surface area contributed by atoms with Crippen LogP contribution in [0, 0.1) is 5.41 Å². The lowest BCUT2D eigenvalue weighted by atomic mass is 10.1. The molecule has 5 rings (SSSR count). The zero-order valence-corrected chi connectivity index (χ0v) is 21.7. The number of amides is 1. The summed E-state index contributed by atoms with van der Waals surface area (Å²) < 4.78 is 37.4. The summed E-state index contributed by atoms with van der Waals surface area (Å²) in [5.41, 5.74) is 1.70. The van der Waals surface area contributed by atoms with Gasteiger partial charge in [0.15, 0.2) is 5.84 Å². The van der Waals surface area contributed by atoms with E-state index in [4.69, 9.17) is 14.9 Å². The van der Waals surface area contributed by atoms with Gasteiger partial charge in [0.05, 0.1) is 25.0 Å². The van der Waals surface area contributed by atoms with Crippen molar-refractivity contribution in [2.45, 2.75) is 13.5 Å². The van der Waals surface area contributed by atoms with E-state index in [2.05, 4.69) is 10.1 Å². The number of carbonyl (C=O) groups excluding carboxylic acids is 1. The van der Waals surface area contributed by atoms with Gasteiger partial charge in [0.25, 0.3) is 5.91 Å². The van der Waals surface area contributed by atoms with E-state index in [1.807, 2.05) is 59.3 Å². The smallest absolute Gasteiger partial charge is 0.283 e. The van der Waals surface area contributed by atoms with Crippen molar-refractivity contribution in [2.24, 2.45) is 10.1 Å². The van der Waals surface area contributed by atoms with Crippen LogP contribution in [-0.4, -0.2) is 58.7 Å². The Morgan fingerprint density at radius 2 is 1.84 bits per heavy atom. The predicted molar refractivity (Wildman–Crippen MR) is 145 cm³/mol. The molecule has 0 fully saturated rings. The van der Waals surface area contributed by atoms with Crippen molar-refractivity contribution < 1.29 is 22.7 Å². The summed E-state index contributed by atoms with van der Waals surface area (Å²) in [5.74, 6) is 0.508. The molecule has 10 nitrogen and oxygen atoms in total. The zero-order chi connectivity index (χ0) is 26.2. The van der Waals surface area contributed by atoms with Crippen molar-refractivity contribution >= 4 is 59.9 Å². The summed E-state index contributed by atoms with van der Waals surface area (Å²) in [6.45, 7) is 2.48. The number of sulfone groups is 1. The number of aliphatic imine (C=N–C) groups is 1. The molecule has 37 heavy (non-hydrogen) atoms. The summed E-state index contributed by atoms with van der Waals surface area (Å²) in [6, 6.07) is 15.1. The van der Waals surface area contributed by atoms with Crippen LogP contribution in [0.3, 0.4) is 0 Å². The number of amidine groups is 2. The standard InChI is InChI=1S/C25H23N5O5S2/c1-3-37(32,33)25-28-30-22(26)20(23(31)27-24(30)36-25)14-16-15-29(21-7-5-4-6-19(16)21)12-13-35-18-10-8-17(34-2)9-11-18/h4-11,14-15,26H,3,12-13H2,1-2H3/b20-14-,26-22?. The fourth-order valence-electron chi connectivity index (χ4n) is 3.89. The summed E-state index contributed by atoms with van der Waals surface area (Å²) >= 11 is 0.782. The molecule has 0 atom stereocenters. The molecule has 2 aromatic carbocycles. The minimum atomic E-state index is -3.59. The van der Waals surface area contributed by atoms with Gasteiger partial charge < -0.3 is 14.0 Å². The maximum absolute atomic E-state index is 12.8. The first kappa shape index (κ1) is 24.8. The number of rotatable bonds is 7. The molecule has 0 radical (unpaired) electrons. The van der Waals surface area contributed by atoms with Crippen molar-refractivity contribution in [2.75, 3.05) is 19.5 Å². The molecular weight excluding hydrogens is 514 g/mol. The Hall–Kier alpha value is -3.90. The maximum Gasteiger partial charge on any atom is 0.283 e. The third-order valence-electron chi connectivity index (χ3n) is 5.86. The monoisotopic (exact) mass is 537 g/mol. The number of fused-ring (bicyclic) bond motifs is 2. The van der Waals surface area contributed by atoms with E-state index in [0.29, 0.717) is 13.2 Å². The number of hydrazone groups is 1. The Morgan fingerprint density at radius 3 is 2.57 bits per heavy atom. The minimum Gasteiger partial charge on any atom is -0.497 e. The lowest BCUT2D eigenvalue weighted by Crippen LogP contribution is -2.35. The average molecular weight is 538 g/mol. The van der Waals surface area contributed by atoms with E-state index in [1.165, 1.54) is 6.92 Å². The molecule has 1 N–H and O–H groups in total. The fraction of sp³-hybridized carbons (Fsp3) is 0.200. The van der Waals surface area contributed by atoms with Crippen LogP contribution < -0.4 is 9.47 Å².